The molecule has 1 atom stereocenters. The number of hydrogen-bond donors (Lipinski definition) is 0. The molecule has 0 spiro atoms. The highest BCUT2D eigenvalue weighted by Gasteiger charge is 2.33. The van der Waals surface area contributed by atoms with Crippen molar-refractivity contribution >= 4 is 16.8 Å². The monoisotopic (exact) mass is 296 g/mol. The third-order valence-corrected chi connectivity index (χ3v) is 5.33. The summed E-state index contributed by atoms with van der Waals surface area (Å²) in [5, 5.41) is 2.25. The fourth-order valence-electron chi connectivity index (χ4n) is 3.55. The zero-order valence-corrected chi connectivity index (χ0v) is 14.1. The summed E-state index contributed by atoms with van der Waals surface area (Å²) in [4.78, 5) is 0. The van der Waals surface area contributed by atoms with E-state index in [1.165, 1.54) is 16.7 Å². The molecular weight excluding hydrogens is 272 g/mol. The van der Waals surface area contributed by atoms with Crippen LogP contribution in [0.25, 0.3) is 16.8 Å². The van der Waals surface area contributed by atoms with Crippen LogP contribution in [0, 0.1) is 5.41 Å². The first-order valence-corrected chi connectivity index (χ1v) is 7.90. The van der Waals surface area contributed by atoms with Crippen LogP contribution in [0.15, 0.2) is 29.8 Å². The molecule has 0 aliphatic heterocycles. The average Bonchev–Trinajstić information content (AvgIpc) is 2.54. The molecule has 0 radical (unpaired) electrons. The summed E-state index contributed by atoms with van der Waals surface area (Å²) in [5.74, 6) is 1.96. The van der Waals surface area contributed by atoms with Crippen LogP contribution in [-0.2, 0) is 6.42 Å². The van der Waals surface area contributed by atoms with E-state index < -0.39 is 0 Å². The molecular formula is C20H24O2. The van der Waals surface area contributed by atoms with Crippen LogP contribution in [0.2, 0.25) is 0 Å². The van der Waals surface area contributed by atoms with Gasteiger partial charge in [0.05, 0.1) is 14.2 Å². The van der Waals surface area contributed by atoms with E-state index in [-0.39, 0.29) is 5.41 Å². The van der Waals surface area contributed by atoms with Crippen molar-refractivity contribution < 1.29 is 9.47 Å². The molecule has 0 amide bonds. The fraction of sp³-hybridized carbons (Fsp3) is 0.400. The summed E-state index contributed by atoms with van der Waals surface area (Å²) < 4.78 is 11.6. The lowest BCUT2D eigenvalue weighted by Gasteiger charge is -2.36. The summed E-state index contributed by atoms with van der Waals surface area (Å²) in [6.45, 7) is 6.82. The molecule has 2 nitrogen and oxygen atoms in total. The minimum Gasteiger partial charge on any atom is -0.496 e. The summed E-state index contributed by atoms with van der Waals surface area (Å²) in [6, 6.07) is 8.32. The number of hydrogen-bond acceptors (Lipinski definition) is 2. The second-order valence-electron chi connectivity index (χ2n) is 6.42. The van der Waals surface area contributed by atoms with Crippen LogP contribution in [0.1, 0.15) is 38.3 Å². The van der Waals surface area contributed by atoms with E-state index in [9.17, 15) is 0 Å². The Kier molecular flexibility index (Phi) is 3.64. The molecule has 1 unspecified atom stereocenters. The van der Waals surface area contributed by atoms with Crippen molar-refractivity contribution in [1.82, 2.24) is 0 Å². The van der Waals surface area contributed by atoms with Gasteiger partial charge < -0.3 is 9.47 Å². The van der Waals surface area contributed by atoms with Crippen molar-refractivity contribution in [3.63, 3.8) is 0 Å². The Morgan fingerprint density at radius 2 is 1.64 bits per heavy atom. The van der Waals surface area contributed by atoms with E-state index in [4.69, 9.17) is 9.47 Å². The Balaban J connectivity index is 2.42. The van der Waals surface area contributed by atoms with Crippen LogP contribution >= 0.6 is 0 Å². The number of benzene rings is 2. The van der Waals surface area contributed by atoms with Gasteiger partial charge in [-0.1, -0.05) is 49.8 Å². The van der Waals surface area contributed by atoms with Crippen LogP contribution in [0.4, 0.5) is 0 Å². The molecule has 0 bridgehead atoms. The van der Waals surface area contributed by atoms with Crippen molar-refractivity contribution in [3.8, 4) is 11.5 Å². The SMILES string of the molecule is CCC1(C)Cc2c(c(OC)c3ccccc3c2OC)C=C1C. The number of allylic oxidation sites excluding steroid dienone is 1. The second-order valence-corrected chi connectivity index (χ2v) is 6.42. The maximum Gasteiger partial charge on any atom is 0.134 e. The van der Waals surface area contributed by atoms with Gasteiger partial charge in [0.1, 0.15) is 11.5 Å². The Labute approximate surface area is 132 Å². The van der Waals surface area contributed by atoms with E-state index in [0.29, 0.717) is 0 Å². The average molecular weight is 296 g/mol. The minimum atomic E-state index is 0.188. The third kappa shape index (κ3) is 2.01. The number of methoxy groups -OCH3 is 2. The van der Waals surface area contributed by atoms with Crippen LogP contribution in [-0.4, -0.2) is 14.2 Å². The summed E-state index contributed by atoms with van der Waals surface area (Å²) in [5.41, 5.74) is 4.06. The van der Waals surface area contributed by atoms with Gasteiger partial charge in [0.2, 0.25) is 0 Å². The molecule has 2 aromatic rings. The van der Waals surface area contributed by atoms with Crippen LogP contribution in [0.3, 0.4) is 0 Å². The summed E-state index contributed by atoms with van der Waals surface area (Å²) in [7, 11) is 3.52. The summed E-state index contributed by atoms with van der Waals surface area (Å²) >= 11 is 0. The number of ether oxygens (including phenoxy) is 2. The lowest BCUT2D eigenvalue weighted by Crippen LogP contribution is -2.24. The molecule has 0 heterocycles. The van der Waals surface area contributed by atoms with Crippen molar-refractivity contribution in [2.24, 2.45) is 5.41 Å². The Bertz CT molecular complexity index is 758. The van der Waals surface area contributed by atoms with Crippen LogP contribution < -0.4 is 9.47 Å². The van der Waals surface area contributed by atoms with Crippen LogP contribution in [0.5, 0.6) is 11.5 Å². The molecule has 2 aromatic carbocycles. The lowest BCUT2D eigenvalue weighted by molar-refractivity contribution is 0.356. The topological polar surface area (TPSA) is 18.5 Å². The largest absolute Gasteiger partial charge is 0.496 e. The van der Waals surface area contributed by atoms with Crippen molar-refractivity contribution in [2.45, 2.75) is 33.6 Å². The third-order valence-electron chi connectivity index (χ3n) is 5.33. The molecule has 0 saturated heterocycles. The van der Waals surface area contributed by atoms with E-state index >= 15 is 0 Å². The van der Waals surface area contributed by atoms with Gasteiger partial charge in [-0.25, -0.2) is 0 Å². The number of rotatable bonds is 3. The predicted octanol–water partition coefficient (Wildman–Crippen LogP) is 5.23. The van der Waals surface area contributed by atoms with Crippen molar-refractivity contribution in [3.05, 3.63) is 41.0 Å². The predicted molar refractivity (Wildman–Crippen MR) is 92.8 cm³/mol. The van der Waals surface area contributed by atoms with Gasteiger partial charge in [-0.05, 0) is 25.2 Å². The van der Waals surface area contributed by atoms with Gasteiger partial charge in [0.25, 0.3) is 0 Å². The molecule has 22 heavy (non-hydrogen) atoms. The molecule has 3 rings (SSSR count). The maximum atomic E-state index is 5.81. The first-order valence-electron chi connectivity index (χ1n) is 7.90. The normalized spacial score (nSPS) is 20.5. The second kappa shape index (κ2) is 5.35. The summed E-state index contributed by atoms with van der Waals surface area (Å²) in [6.07, 6.45) is 4.40. The molecule has 1 aliphatic rings. The lowest BCUT2D eigenvalue weighted by atomic mass is 9.70. The number of fused-ring (bicyclic) bond motifs is 2. The van der Waals surface area contributed by atoms with Gasteiger partial charge in [0.15, 0.2) is 0 Å². The smallest absolute Gasteiger partial charge is 0.134 e. The molecule has 0 aromatic heterocycles. The molecule has 2 heteroatoms. The maximum absolute atomic E-state index is 5.81. The van der Waals surface area contributed by atoms with Gasteiger partial charge in [0, 0.05) is 21.9 Å². The van der Waals surface area contributed by atoms with E-state index in [0.717, 1.165) is 35.1 Å². The zero-order chi connectivity index (χ0) is 15.9. The Morgan fingerprint density at radius 3 is 2.18 bits per heavy atom. The highest BCUT2D eigenvalue weighted by atomic mass is 16.5. The molecule has 0 N–H and O–H groups in total. The van der Waals surface area contributed by atoms with E-state index in [1.807, 2.05) is 6.07 Å². The van der Waals surface area contributed by atoms with Gasteiger partial charge >= 0.3 is 0 Å². The zero-order valence-electron chi connectivity index (χ0n) is 14.1. The van der Waals surface area contributed by atoms with E-state index in [2.05, 4.69) is 45.0 Å². The minimum absolute atomic E-state index is 0.188. The fourth-order valence-corrected chi connectivity index (χ4v) is 3.55. The van der Waals surface area contributed by atoms with E-state index in [1.54, 1.807) is 14.2 Å². The highest BCUT2D eigenvalue weighted by molar-refractivity contribution is 5.98. The molecule has 0 fully saturated rings. The highest BCUT2D eigenvalue weighted by Crippen LogP contribution is 2.49. The molecule has 116 valence electrons. The Hall–Kier alpha value is -1.96. The van der Waals surface area contributed by atoms with Gasteiger partial charge in [-0.2, -0.15) is 0 Å². The van der Waals surface area contributed by atoms with Crippen molar-refractivity contribution in [2.75, 3.05) is 14.2 Å². The standard InChI is InChI=1S/C20H24O2/c1-6-20(3)12-17-16(11-13(20)2)18(21-4)14-9-7-8-10-15(14)19(17)22-5/h7-11H,6,12H2,1-5H3. The molecule has 1 aliphatic carbocycles. The first kappa shape index (κ1) is 15.0. The quantitative estimate of drug-likeness (QED) is 0.772. The first-order chi connectivity index (χ1) is 10.6. The Morgan fingerprint density at radius 1 is 1.05 bits per heavy atom. The van der Waals surface area contributed by atoms with Gasteiger partial charge in [-0.3, -0.25) is 0 Å². The molecule has 0 saturated carbocycles. The van der Waals surface area contributed by atoms with Gasteiger partial charge in [-0.15, -0.1) is 0 Å². The van der Waals surface area contributed by atoms with Crippen molar-refractivity contribution in [1.29, 1.82) is 0 Å².